The summed E-state index contributed by atoms with van der Waals surface area (Å²) in [7, 11) is 1.56. The minimum Gasteiger partial charge on any atom is -0.480 e. The molecule has 0 aromatic heterocycles. The number of carbonyl (C=O) groups is 2. The van der Waals surface area contributed by atoms with Gasteiger partial charge in [-0.15, -0.1) is 0 Å². The lowest BCUT2D eigenvalue weighted by molar-refractivity contribution is -0.150. The van der Waals surface area contributed by atoms with E-state index in [2.05, 4.69) is 5.32 Å². The maximum absolute atomic E-state index is 12.4. The summed E-state index contributed by atoms with van der Waals surface area (Å²) >= 11 is 0. The Bertz CT molecular complexity index is 328. The van der Waals surface area contributed by atoms with Crippen LogP contribution in [0, 0.1) is 5.92 Å². The van der Waals surface area contributed by atoms with E-state index in [0.29, 0.717) is 13.0 Å². The Morgan fingerprint density at radius 2 is 2.00 bits per heavy atom. The molecule has 2 heterocycles. The highest BCUT2D eigenvalue weighted by molar-refractivity contribution is 5.86. The van der Waals surface area contributed by atoms with Crippen LogP contribution in [0.1, 0.15) is 19.3 Å². The normalized spacial score (nSPS) is 29.5. The number of nitrogens with zero attached hydrogens (tertiary/aromatic N) is 1. The van der Waals surface area contributed by atoms with Gasteiger partial charge in [0.15, 0.2) is 0 Å². The van der Waals surface area contributed by atoms with E-state index in [0.717, 1.165) is 25.9 Å². The number of piperidine rings is 1. The zero-order valence-electron chi connectivity index (χ0n) is 10.6. The van der Waals surface area contributed by atoms with E-state index in [1.807, 2.05) is 0 Å². The van der Waals surface area contributed by atoms with E-state index in [-0.39, 0.29) is 17.9 Å². The molecule has 0 aliphatic carbocycles. The summed E-state index contributed by atoms with van der Waals surface area (Å²) in [4.78, 5) is 25.0. The fraction of sp³-hybridized carbons (Fsp3) is 0.833. The van der Waals surface area contributed by atoms with Crippen LogP contribution in [-0.4, -0.2) is 60.8 Å². The number of nitrogens with one attached hydrogen (secondary N) is 1. The number of amides is 1. The molecule has 2 N–H and O–H groups in total. The summed E-state index contributed by atoms with van der Waals surface area (Å²) in [5.41, 5.74) is 0. The predicted octanol–water partition coefficient (Wildman–Crippen LogP) is -0.313. The number of carbonyl (C=O) groups excluding carboxylic acids is 1. The molecule has 0 bridgehead atoms. The van der Waals surface area contributed by atoms with Gasteiger partial charge >= 0.3 is 5.97 Å². The number of carboxylic acid groups (broad SMARTS) is 1. The fourth-order valence-electron chi connectivity index (χ4n) is 2.75. The molecule has 2 aliphatic rings. The van der Waals surface area contributed by atoms with Crippen molar-refractivity contribution in [1.29, 1.82) is 0 Å². The molecule has 0 aromatic carbocycles. The molecular formula is C12H20N2O4. The van der Waals surface area contributed by atoms with E-state index in [4.69, 9.17) is 4.74 Å². The summed E-state index contributed by atoms with van der Waals surface area (Å²) in [5, 5.41) is 12.4. The number of aliphatic carboxylic acids is 1. The van der Waals surface area contributed by atoms with Crippen LogP contribution < -0.4 is 5.32 Å². The summed E-state index contributed by atoms with van der Waals surface area (Å²) in [6.45, 7) is 2.06. The predicted molar refractivity (Wildman–Crippen MR) is 64.1 cm³/mol. The van der Waals surface area contributed by atoms with Gasteiger partial charge in [0.05, 0.1) is 6.10 Å². The van der Waals surface area contributed by atoms with Crippen molar-refractivity contribution in [3.63, 3.8) is 0 Å². The second kappa shape index (κ2) is 5.67. The molecule has 0 saturated carbocycles. The number of likely N-dealkylation sites (tertiary alicyclic amines) is 1. The van der Waals surface area contributed by atoms with Gasteiger partial charge in [0.2, 0.25) is 5.91 Å². The van der Waals surface area contributed by atoms with Gasteiger partial charge in [-0.1, -0.05) is 0 Å². The van der Waals surface area contributed by atoms with Crippen LogP contribution in [0.2, 0.25) is 0 Å². The van der Waals surface area contributed by atoms with Crippen molar-refractivity contribution in [1.82, 2.24) is 10.2 Å². The third kappa shape index (κ3) is 2.64. The molecule has 0 aromatic rings. The molecule has 0 spiro atoms. The Balaban J connectivity index is 2.04. The summed E-state index contributed by atoms with van der Waals surface area (Å²) in [5.74, 6) is -0.996. The maximum atomic E-state index is 12.4. The molecular weight excluding hydrogens is 236 g/mol. The van der Waals surface area contributed by atoms with Gasteiger partial charge in [-0.25, -0.2) is 4.79 Å². The van der Waals surface area contributed by atoms with Gasteiger partial charge in [-0.2, -0.15) is 0 Å². The molecule has 2 unspecified atom stereocenters. The first-order valence-corrected chi connectivity index (χ1v) is 6.40. The van der Waals surface area contributed by atoms with E-state index in [9.17, 15) is 14.7 Å². The smallest absolute Gasteiger partial charge is 0.326 e. The lowest BCUT2D eigenvalue weighted by Crippen LogP contribution is -2.46. The van der Waals surface area contributed by atoms with Crippen molar-refractivity contribution in [2.24, 2.45) is 5.92 Å². The average Bonchev–Trinajstić information content (AvgIpc) is 2.83. The summed E-state index contributed by atoms with van der Waals surface area (Å²) in [6, 6.07) is -0.725. The molecule has 2 fully saturated rings. The quantitative estimate of drug-likeness (QED) is 0.724. The molecule has 2 saturated heterocycles. The van der Waals surface area contributed by atoms with Crippen LogP contribution in [0.25, 0.3) is 0 Å². The van der Waals surface area contributed by atoms with Crippen molar-refractivity contribution in [3.05, 3.63) is 0 Å². The highest BCUT2D eigenvalue weighted by atomic mass is 16.5. The van der Waals surface area contributed by atoms with Gasteiger partial charge in [0, 0.05) is 26.0 Å². The van der Waals surface area contributed by atoms with Gasteiger partial charge in [-0.3, -0.25) is 4.79 Å². The van der Waals surface area contributed by atoms with Gasteiger partial charge in [-0.05, 0) is 25.9 Å². The zero-order chi connectivity index (χ0) is 13.1. The van der Waals surface area contributed by atoms with E-state index in [1.54, 1.807) is 7.11 Å². The number of carboxylic acids is 1. The van der Waals surface area contributed by atoms with Crippen LogP contribution >= 0.6 is 0 Å². The maximum Gasteiger partial charge on any atom is 0.326 e. The minimum atomic E-state index is -0.933. The van der Waals surface area contributed by atoms with E-state index in [1.165, 1.54) is 4.90 Å². The van der Waals surface area contributed by atoms with Crippen molar-refractivity contribution in [3.8, 4) is 0 Å². The largest absolute Gasteiger partial charge is 0.480 e. The highest BCUT2D eigenvalue weighted by Crippen LogP contribution is 2.25. The zero-order valence-corrected chi connectivity index (χ0v) is 10.6. The van der Waals surface area contributed by atoms with Gasteiger partial charge in [0.25, 0.3) is 0 Å². The Morgan fingerprint density at radius 3 is 2.56 bits per heavy atom. The third-order valence-corrected chi connectivity index (χ3v) is 3.85. The molecule has 2 aliphatic heterocycles. The van der Waals surface area contributed by atoms with Crippen LogP contribution in [-0.2, 0) is 14.3 Å². The molecule has 1 amide bonds. The topological polar surface area (TPSA) is 78.9 Å². The third-order valence-electron chi connectivity index (χ3n) is 3.85. The van der Waals surface area contributed by atoms with Crippen LogP contribution in [0.4, 0.5) is 0 Å². The number of hydrogen-bond donors (Lipinski definition) is 2. The van der Waals surface area contributed by atoms with Gasteiger partial charge < -0.3 is 20.1 Å². The summed E-state index contributed by atoms with van der Waals surface area (Å²) in [6.07, 6.45) is 1.82. The first-order valence-electron chi connectivity index (χ1n) is 6.40. The molecule has 102 valence electrons. The second-order valence-electron chi connectivity index (χ2n) is 4.96. The Labute approximate surface area is 106 Å². The van der Waals surface area contributed by atoms with Crippen LogP contribution in [0.15, 0.2) is 0 Å². The lowest BCUT2D eigenvalue weighted by Gasteiger charge is -2.29. The second-order valence-corrected chi connectivity index (χ2v) is 4.96. The molecule has 6 heteroatoms. The molecule has 2 rings (SSSR count). The SMILES string of the molecule is COC1CC(C(=O)O)N(C(=O)C2CCNCC2)C1. The standard InChI is InChI=1S/C12H20N2O4/c1-18-9-6-10(12(16)17)14(7-9)11(15)8-2-4-13-5-3-8/h8-10,13H,2-7H2,1H3,(H,16,17). The molecule has 0 radical (unpaired) electrons. The minimum absolute atomic E-state index is 0.0246. The molecule has 18 heavy (non-hydrogen) atoms. The Hall–Kier alpha value is -1.14. The van der Waals surface area contributed by atoms with Crippen molar-refractivity contribution in [2.45, 2.75) is 31.4 Å². The number of methoxy groups -OCH3 is 1. The van der Waals surface area contributed by atoms with E-state index >= 15 is 0 Å². The van der Waals surface area contributed by atoms with E-state index < -0.39 is 12.0 Å². The summed E-state index contributed by atoms with van der Waals surface area (Å²) < 4.78 is 5.19. The molecule has 6 nitrogen and oxygen atoms in total. The first kappa shape index (κ1) is 13.3. The highest BCUT2D eigenvalue weighted by Gasteiger charge is 2.41. The fourth-order valence-corrected chi connectivity index (χ4v) is 2.75. The van der Waals surface area contributed by atoms with Crippen molar-refractivity contribution < 1.29 is 19.4 Å². The Kier molecular flexibility index (Phi) is 4.19. The monoisotopic (exact) mass is 256 g/mol. The van der Waals surface area contributed by atoms with Crippen molar-refractivity contribution >= 4 is 11.9 Å². The first-order chi connectivity index (χ1) is 8.63. The van der Waals surface area contributed by atoms with Crippen molar-refractivity contribution in [2.75, 3.05) is 26.7 Å². The van der Waals surface area contributed by atoms with Crippen LogP contribution in [0.3, 0.4) is 0 Å². The van der Waals surface area contributed by atoms with Crippen LogP contribution in [0.5, 0.6) is 0 Å². The average molecular weight is 256 g/mol. The number of ether oxygens (including phenoxy) is 1. The Morgan fingerprint density at radius 1 is 1.33 bits per heavy atom. The van der Waals surface area contributed by atoms with Gasteiger partial charge in [0.1, 0.15) is 6.04 Å². The molecule has 2 atom stereocenters. The number of rotatable bonds is 3. The lowest BCUT2D eigenvalue weighted by atomic mass is 9.96. The number of hydrogen-bond acceptors (Lipinski definition) is 4.